The Hall–Kier alpha value is -1.47. The monoisotopic (exact) mass is 297 g/mol. The summed E-state index contributed by atoms with van der Waals surface area (Å²) in [6.45, 7) is 5.64. The number of aliphatic carboxylic acids is 1. The third-order valence-corrected chi connectivity index (χ3v) is 4.70. The lowest BCUT2D eigenvalue weighted by molar-refractivity contribution is -0.897. The number of amides is 1. The molecule has 0 atom stereocenters. The van der Waals surface area contributed by atoms with Crippen molar-refractivity contribution in [3.8, 4) is 0 Å². The van der Waals surface area contributed by atoms with Crippen LogP contribution in [0.3, 0.4) is 0 Å². The maximum atomic E-state index is 11.9. The normalized spacial score (nSPS) is 22.5. The van der Waals surface area contributed by atoms with Crippen molar-refractivity contribution in [2.24, 2.45) is 5.92 Å². The van der Waals surface area contributed by atoms with E-state index in [1.807, 2.05) is 13.8 Å². The van der Waals surface area contributed by atoms with Gasteiger partial charge in [0.05, 0.1) is 18.8 Å². The molecule has 7 heteroatoms. The van der Waals surface area contributed by atoms with Gasteiger partial charge in [0, 0.05) is 29.6 Å². The average Bonchev–Trinajstić information content (AvgIpc) is 2.68. The van der Waals surface area contributed by atoms with E-state index >= 15 is 0 Å². The molecule has 0 aromatic carbocycles. The molecule has 110 valence electrons. The van der Waals surface area contributed by atoms with Crippen LogP contribution in [0.5, 0.6) is 0 Å². The number of nitrogens with zero attached hydrogens (tertiary/aromatic N) is 1. The van der Waals surface area contributed by atoms with Crippen molar-refractivity contribution in [2.75, 3.05) is 25.0 Å². The molecule has 2 heterocycles. The largest absolute Gasteiger partial charge is 0.550 e. The summed E-state index contributed by atoms with van der Waals surface area (Å²) in [6.07, 6.45) is 1.17. The smallest absolute Gasteiger partial charge is 0.281 e. The molecule has 1 aromatic heterocycles. The van der Waals surface area contributed by atoms with Crippen molar-refractivity contribution in [3.05, 3.63) is 10.6 Å². The SMILES string of the molecule is Cc1nc(NC(=O)C[NH+]2CCC(C(=O)[O-])CC2)sc1C. The number of anilines is 1. The first-order valence-corrected chi connectivity index (χ1v) is 7.55. The molecular weight excluding hydrogens is 278 g/mol. The molecule has 0 radical (unpaired) electrons. The standard InChI is InChI=1S/C13H19N3O3S/c1-8-9(2)20-13(14-8)15-11(17)7-16-5-3-10(4-6-16)12(18)19/h10H,3-7H2,1-2H3,(H,18,19)(H,14,15,17). The molecular formula is C13H19N3O3S. The highest BCUT2D eigenvalue weighted by molar-refractivity contribution is 7.15. The Morgan fingerprint density at radius 2 is 2.05 bits per heavy atom. The lowest BCUT2D eigenvalue weighted by Crippen LogP contribution is -3.14. The molecule has 2 rings (SSSR count). The molecule has 2 N–H and O–H groups in total. The maximum absolute atomic E-state index is 11.9. The van der Waals surface area contributed by atoms with Crippen molar-refractivity contribution < 1.29 is 19.6 Å². The highest BCUT2D eigenvalue weighted by Crippen LogP contribution is 2.20. The van der Waals surface area contributed by atoms with Gasteiger partial charge < -0.3 is 14.8 Å². The zero-order valence-electron chi connectivity index (χ0n) is 11.7. The van der Waals surface area contributed by atoms with Crippen LogP contribution in [0.4, 0.5) is 5.13 Å². The molecule has 1 aliphatic heterocycles. The van der Waals surface area contributed by atoms with E-state index in [4.69, 9.17) is 0 Å². The second-order valence-electron chi connectivity index (χ2n) is 5.23. The van der Waals surface area contributed by atoms with Crippen LogP contribution >= 0.6 is 11.3 Å². The zero-order valence-corrected chi connectivity index (χ0v) is 12.5. The number of carbonyl (C=O) groups excluding carboxylic acids is 2. The van der Waals surface area contributed by atoms with Crippen molar-refractivity contribution in [3.63, 3.8) is 0 Å². The Labute approximate surface area is 121 Å². The van der Waals surface area contributed by atoms with Crippen LogP contribution in [-0.2, 0) is 9.59 Å². The van der Waals surface area contributed by atoms with Crippen LogP contribution in [-0.4, -0.2) is 36.5 Å². The quantitative estimate of drug-likeness (QED) is 0.726. The Morgan fingerprint density at radius 1 is 1.40 bits per heavy atom. The van der Waals surface area contributed by atoms with Crippen LogP contribution in [0.15, 0.2) is 0 Å². The third-order valence-electron chi connectivity index (χ3n) is 3.71. The fourth-order valence-corrected chi connectivity index (χ4v) is 3.19. The number of hydrogen-bond donors (Lipinski definition) is 2. The molecule has 6 nitrogen and oxygen atoms in total. The fourth-order valence-electron chi connectivity index (χ4n) is 2.36. The molecule has 0 spiro atoms. The summed E-state index contributed by atoms with van der Waals surface area (Å²) in [7, 11) is 0. The van der Waals surface area contributed by atoms with Gasteiger partial charge in [-0.05, 0) is 13.8 Å². The first-order valence-electron chi connectivity index (χ1n) is 6.74. The summed E-state index contributed by atoms with van der Waals surface area (Å²) in [6, 6.07) is 0. The van der Waals surface area contributed by atoms with Crippen LogP contribution in [0, 0.1) is 19.8 Å². The lowest BCUT2D eigenvalue weighted by Gasteiger charge is -2.29. The lowest BCUT2D eigenvalue weighted by atomic mass is 9.97. The third kappa shape index (κ3) is 3.77. The molecule has 0 aliphatic carbocycles. The van der Waals surface area contributed by atoms with E-state index in [0.717, 1.165) is 15.5 Å². The van der Waals surface area contributed by atoms with Gasteiger partial charge in [0.15, 0.2) is 11.7 Å². The number of carbonyl (C=O) groups is 2. The number of rotatable bonds is 4. The van der Waals surface area contributed by atoms with Gasteiger partial charge in [-0.1, -0.05) is 0 Å². The van der Waals surface area contributed by atoms with Crippen molar-refractivity contribution in [1.29, 1.82) is 0 Å². The molecule has 20 heavy (non-hydrogen) atoms. The van der Waals surface area contributed by atoms with E-state index in [1.165, 1.54) is 11.3 Å². The van der Waals surface area contributed by atoms with Gasteiger partial charge in [0.2, 0.25) is 0 Å². The number of aromatic nitrogens is 1. The number of nitrogens with one attached hydrogen (secondary N) is 2. The second-order valence-corrected chi connectivity index (χ2v) is 6.43. The maximum Gasteiger partial charge on any atom is 0.281 e. The van der Waals surface area contributed by atoms with Crippen LogP contribution in [0.1, 0.15) is 23.4 Å². The van der Waals surface area contributed by atoms with E-state index in [2.05, 4.69) is 10.3 Å². The minimum Gasteiger partial charge on any atom is -0.550 e. The number of quaternary nitrogens is 1. The molecule has 1 fully saturated rings. The van der Waals surface area contributed by atoms with Gasteiger partial charge in [0.1, 0.15) is 0 Å². The Kier molecular flexibility index (Phi) is 4.72. The average molecular weight is 297 g/mol. The Morgan fingerprint density at radius 3 is 2.55 bits per heavy atom. The topological polar surface area (TPSA) is 86.6 Å². The van der Waals surface area contributed by atoms with Crippen LogP contribution in [0.2, 0.25) is 0 Å². The summed E-state index contributed by atoms with van der Waals surface area (Å²) < 4.78 is 0. The molecule has 0 bridgehead atoms. The predicted octanol–water partition coefficient (Wildman–Crippen LogP) is -1.26. The number of carboxylic acid groups (broad SMARTS) is 1. The van der Waals surface area contributed by atoms with Gasteiger partial charge >= 0.3 is 0 Å². The highest BCUT2D eigenvalue weighted by atomic mass is 32.1. The fraction of sp³-hybridized carbons (Fsp3) is 0.615. The van der Waals surface area contributed by atoms with E-state index in [-0.39, 0.29) is 11.8 Å². The van der Waals surface area contributed by atoms with Crippen molar-refractivity contribution in [1.82, 2.24) is 4.98 Å². The molecule has 1 saturated heterocycles. The highest BCUT2D eigenvalue weighted by Gasteiger charge is 2.24. The van der Waals surface area contributed by atoms with E-state index in [1.54, 1.807) is 0 Å². The minimum atomic E-state index is -0.970. The van der Waals surface area contributed by atoms with Crippen molar-refractivity contribution >= 4 is 28.3 Å². The summed E-state index contributed by atoms with van der Waals surface area (Å²) in [4.78, 5) is 29.2. The zero-order chi connectivity index (χ0) is 14.7. The van der Waals surface area contributed by atoms with Gasteiger partial charge in [-0.15, -0.1) is 11.3 Å². The number of likely N-dealkylation sites (tertiary alicyclic amines) is 1. The van der Waals surface area contributed by atoms with E-state index in [0.29, 0.717) is 37.6 Å². The summed E-state index contributed by atoms with van der Waals surface area (Å²) in [5.41, 5.74) is 0.937. The molecule has 0 unspecified atom stereocenters. The second kappa shape index (κ2) is 6.32. The number of carboxylic acids is 1. The molecule has 1 aliphatic rings. The summed E-state index contributed by atoms with van der Waals surface area (Å²) in [5.74, 6) is -1.39. The Bertz CT molecular complexity index is 487. The van der Waals surface area contributed by atoms with Crippen molar-refractivity contribution in [2.45, 2.75) is 26.7 Å². The number of piperidine rings is 1. The van der Waals surface area contributed by atoms with Gasteiger partial charge in [-0.25, -0.2) is 4.98 Å². The molecule has 1 amide bonds. The van der Waals surface area contributed by atoms with Crippen LogP contribution < -0.4 is 15.3 Å². The van der Waals surface area contributed by atoms with Gasteiger partial charge in [-0.2, -0.15) is 0 Å². The van der Waals surface area contributed by atoms with Crippen LogP contribution in [0.25, 0.3) is 0 Å². The molecule has 0 saturated carbocycles. The predicted molar refractivity (Wildman–Crippen MR) is 73.5 cm³/mol. The number of aryl methyl sites for hydroxylation is 2. The number of thiazole rings is 1. The first kappa shape index (κ1) is 14.9. The van der Waals surface area contributed by atoms with E-state index < -0.39 is 5.97 Å². The minimum absolute atomic E-state index is 0.0688. The van der Waals surface area contributed by atoms with Gasteiger partial charge in [0.25, 0.3) is 5.91 Å². The summed E-state index contributed by atoms with van der Waals surface area (Å²) in [5, 5.41) is 14.2. The number of hydrogen-bond acceptors (Lipinski definition) is 5. The Balaban J connectivity index is 1.79. The van der Waals surface area contributed by atoms with E-state index in [9.17, 15) is 14.7 Å². The van der Waals surface area contributed by atoms with Gasteiger partial charge in [-0.3, -0.25) is 10.1 Å². The summed E-state index contributed by atoms with van der Waals surface area (Å²) >= 11 is 1.47. The molecule has 1 aromatic rings. The first-order chi connectivity index (χ1) is 9.45.